The van der Waals surface area contributed by atoms with Gasteiger partial charge in [0.2, 0.25) is 5.56 Å². The van der Waals surface area contributed by atoms with E-state index in [9.17, 15) is 4.79 Å². The summed E-state index contributed by atoms with van der Waals surface area (Å²) < 4.78 is 0. The van der Waals surface area contributed by atoms with E-state index in [1.807, 2.05) is 6.92 Å². The molecule has 2 aromatic rings. The van der Waals surface area contributed by atoms with Gasteiger partial charge in [0.05, 0.1) is 0 Å². The van der Waals surface area contributed by atoms with E-state index in [-0.39, 0.29) is 45.7 Å². The second-order valence-electron chi connectivity index (χ2n) is 2.93. The van der Waals surface area contributed by atoms with Gasteiger partial charge in [0.1, 0.15) is 0 Å². The Kier molecular flexibility index (Phi) is 5.69. The van der Waals surface area contributed by atoms with Crippen molar-refractivity contribution in [1.82, 2.24) is 4.98 Å². The summed E-state index contributed by atoms with van der Waals surface area (Å²) in [6.07, 6.45) is 0. The number of fused-ring (bicyclic) bond motifs is 1. The molecule has 0 atom stereocenters. The number of H-pyrrole nitrogens is 1. The Labute approximate surface area is 123 Å². The largest absolute Gasteiger partial charge is 0.376 e. The molecule has 1 radical (unpaired) electrons. The van der Waals surface area contributed by atoms with Gasteiger partial charge in [0.15, 0.2) is 0 Å². The smallest absolute Gasteiger partial charge is 0.240 e. The van der Waals surface area contributed by atoms with Crippen LogP contribution in [-0.2, 0) is 32.7 Å². The van der Waals surface area contributed by atoms with Crippen LogP contribution in [0.4, 0.5) is 0 Å². The summed E-state index contributed by atoms with van der Waals surface area (Å²) in [6.45, 7) is 3.65. The third kappa shape index (κ3) is 2.52. The average molecular weight is 318 g/mol. The van der Waals surface area contributed by atoms with Crippen molar-refractivity contribution in [2.45, 2.75) is 21.3 Å². The third-order valence-corrected chi connectivity index (χ3v) is 3.42. The fourth-order valence-corrected chi connectivity index (χ4v) is 2.47. The third-order valence-electron chi connectivity index (χ3n) is 2.02. The van der Waals surface area contributed by atoms with E-state index in [0.717, 1.165) is 15.8 Å². The minimum Gasteiger partial charge on any atom is -0.376 e. The number of hydrogen-bond acceptors (Lipinski definition) is 2. The molecule has 0 saturated heterocycles. The number of pyridine rings is 1. The van der Waals surface area contributed by atoms with Crippen LogP contribution in [0.25, 0.3) is 10.2 Å². The van der Waals surface area contributed by atoms with Gasteiger partial charge in [-0.1, -0.05) is 30.8 Å². The standard InChI is InChI=1S/C9H7ClNOS.CH4.Y/c1-4-3-13-9-6(4)7(10)5(2)8(12)11-9;;/h1-2H3,(H,11,12);1H4;/q-1;;. The summed E-state index contributed by atoms with van der Waals surface area (Å²) in [6, 6.07) is 0. The molecule has 0 saturated carbocycles. The van der Waals surface area contributed by atoms with Crippen LogP contribution in [0.3, 0.4) is 0 Å². The van der Waals surface area contributed by atoms with Gasteiger partial charge < -0.3 is 4.98 Å². The van der Waals surface area contributed by atoms with Crippen molar-refractivity contribution in [2.24, 2.45) is 0 Å². The van der Waals surface area contributed by atoms with Gasteiger partial charge in [-0.2, -0.15) is 5.56 Å². The van der Waals surface area contributed by atoms with E-state index in [0.29, 0.717) is 10.6 Å². The van der Waals surface area contributed by atoms with Gasteiger partial charge in [-0.05, 0) is 11.9 Å². The van der Waals surface area contributed by atoms with E-state index < -0.39 is 0 Å². The minimum absolute atomic E-state index is 0. The second-order valence-corrected chi connectivity index (χ2v) is 4.12. The van der Waals surface area contributed by atoms with Crippen LogP contribution in [0.1, 0.15) is 18.6 Å². The fourth-order valence-electron chi connectivity index (χ4n) is 1.24. The molecule has 0 aliphatic carbocycles. The molecule has 15 heavy (non-hydrogen) atoms. The van der Waals surface area contributed by atoms with Crippen LogP contribution in [0.15, 0.2) is 4.79 Å². The van der Waals surface area contributed by atoms with Crippen LogP contribution in [0.5, 0.6) is 0 Å². The van der Waals surface area contributed by atoms with Crippen molar-refractivity contribution < 1.29 is 32.7 Å². The predicted molar refractivity (Wildman–Crippen MR) is 62.5 cm³/mol. The molecule has 0 amide bonds. The number of aryl methyl sites for hydroxylation is 1. The van der Waals surface area contributed by atoms with E-state index >= 15 is 0 Å². The quantitative estimate of drug-likeness (QED) is 0.743. The van der Waals surface area contributed by atoms with Crippen molar-refractivity contribution in [3.05, 3.63) is 31.9 Å². The molecular weight excluding hydrogens is 307 g/mol. The Bertz CT molecular complexity index is 532. The number of halogens is 1. The van der Waals surface area contributed by atoms with Gasteiger partial charge >= 0.3 is 0 Å². The number of nitrogens with one attached hydrogen (secondary N) is 1. The zero-order chi connectivity index (χ0) is 9.59. The van der Waals surface area contributed by atoms with Gasteiger partial charge in [0.25, 0.3) is 0 Å². The van der Waals surface area contributed by atoms with Gasteiger partial charge in [-0.25, -0.2) is 0 Å². The Morgan fingerprint density at radius 2 is 2.00 bits per heavy atom. The molecule has 0 bridgehead atoms. The summed E-state index contributed by atoms with van der Waals surface area (Å²) in [5, 5.41) is 4.53. The maximum atomic E-state index is 11.3. The first-order valence-electron chi connectivity index (χ1n) is 3.80. The van der Waals surface area contributed by atoms with Gasteiger partial charge in [-0.15, -0.1) is 10.8 Å². The zero-order valence-corrected chi connectivity index (χ0v) is 12.2. The number of aromatic nitrogens is 1. The van der Waals surface area contributed by atoms with Crippen molar-refractivity contribution in [2.75, 3.05) is 0 Å². The first kappa shape index (κ1) is 15.3. The summed E-state index contributed by atoms with van der Waals surface area (Å²) >= 11 is 7.43. The number of rotatable bonds is 0. The van der Waals surface area contributed by atoms with Crippen LogP contribution < -0.4 is 5.56 Å². The normalized spacial score (nSPS) is 9.53. The molecule has 79 valence electrons. The van der Waals surface area contributed by atoms with Gasteiger partial charge in [0, 0.05) is 38.3 Å². The fraction of sp³-hybridized carbons (Fsp3) is 0.300. The first-order chi connectivity index (χ1) is 6.11. The topological polar surface area (TPSA) is 32.9 Å². The summed E-state index contributed by atoms with van der Waals surface area (Å²) in [5.74, 6) is 0. The maximum Gasteiger partial charge on any atom is 0.240 e. The first-order valence-corrected chi connectivity index (χ1v) is 5.00. The van der Waals surface area contributed by atoms with Gasteiger partial charge in [-0.3, -0.25) is 16.1 Å². The van der Waals surface area contributed by atoms with E-state index in [1.54, 1.807) is 6.92 Å². The van der Waals surface area contributed by atoms with Crippen molar-refractivity contribution in [3.63, 3.8) is 0 Å². The molecule has 0 aliphatic rings. The predicted octanol–water partition coefficient (Wildman–Crippen LogP) is 3.29. The molecule has 0 aliphatic heterocycles. The van der Waals surface area contributed by atoms with Crippen molar-refractivity contribution >= 4 is 33.2 Å². The zero-order valence-electron chi connectivity index (χ0n) is 7.77. The molecule has 0 fully saturated rings. The molecule has 0 spiro atoms. The Morgan fingerprint density at radius 3 is 2.60 bits per heavy atom. The van der Waals surface area contributed by atoms with Crippen LogP contribution in [0, 0.1) is 19.2 Å². The van der Waals surface area contributed by atoms with E-state index in [4.69, 9.17) is 11.6 Å². The SMILES string of the molecule is C.Cc1c(Cl)c2c(C)[c-]sc2[nH]c1=O.[Y]. The number of thiophene rings is 1. The summed E-state index contributed by atoms with van der Waals surface area (Å²) in [4.78, 5) is 14.9. The second kappa shape index (κ2) is 5.58. The minimum atomic E-state index is -0.118. The Balaban J connectivity index is 0.000000980. The number of aromatic amines is 1. The summed E-state index contributed by atoms with van der Waals surface area (Å²) in [7, 11) is 0. The molecule has 2 rings (SSSR count). The molecule has 0 aromatic carbocycles. The molecule has 2 aromatic heterocycles. The van der Waals surface area contributed by atoms with Crippen LogP contribution in [0.2, 0.25) is 5.02 Å². The average Bonchev–Trinajstić information content (AvgIpc) is 2.43. The van der Waals surface area contributed by atoms with Crippen LogP contribution >= 0.6 is 22.9 Å². The Hall–Kier alpha value is 0.304. The summed E-state index contributed by atoms with van der Waals surface area (Å²) in [5.41, 5.74) is 1.45. The number of hydrogen-bond donors (Lipinski definition) is 1. The monoisotopic (exact) mass is 317 g/mol. The molecular formula is C10H11ClNOSY-. The molecule has 1 N–H and O–H groups in total. The molecule has 2 nitrogen and oxygen atoms in total. The van der Waals surface area contributed by atoms with E-state index in [1.165, 1.54) is 11.3 Å². The van der Waals surface area contributed by atoms with Crippen molar-refractivity contribution in [1.29, 1.82) is 0 Å². The van der Waals surface area contributed by atoms with E-state index in [2.05, 4.69) is 10.4 Å². The van der Waals surface area contributed by atoms with Crippen LogP contribution in [-0.4, -0.2) is 4.98 Å². The molecule has 5 heteroatoms. The Morgan fingerprint density at radius 1 is 1.40 bits per heavy atom. The molecule has 0 unspecified atom stereocenters. The molecule has 2 heterocycles. The maximum absolute atomic E-state index is 11.3. The van der Waals surface area contributed by atoms with Crippen molar-refractivity contribution in [3.8, 4) is 0 Å².